The number of anilines is 1. The van der Waals surface area contributed by atoms with Crippen LogP contribution >= 0.6 is 23.4 Å². The van der Waals surface area contributed by atoms with Gasteiger partial charge in [-0.2, -0.15) is 0 Å². The number of amidine groups is 1. The van der Waals surface area contributed by atoms with Crippen LogP contribution in [0.5, 0.6) is 0 Å². The minimum Gasteiger partial charge on any atom is -0.335 e. The Labute approximate surface area is 110 Å². The number of benzene rings is 1. The Morgan fingerprint density at radius 2 is 2.41 bits per heavy atom. The maximum Gasteiger partial charge on any atom is 0.161 e. The molecule has 1 N–H and O–H groups in total. The van der Waals surface area contributed by atoms with Crippen molar-refractivity contribution in [1.29, 1.82) is 0 Å². The molecule has 1 heterocycles. The highest BCUT2D eigenvalue weighted by molar-refractivity contribution is 8.15. The zero-order valence-corrected chi connectivity index (χ0v) is 11.1. The Balaban J connectivity index is 1.96. The summed E-state index contributed by atoms with van der Waals surface area (Å²) < 4.78 is 13.2. The standard InChI is InChI=1S/C12H14ClFN2S/c1-2-3-9-7-15-12(17-9)16-8-4-5-10(13)11(14)6-8/h4-6,9H,2-3,7H2,1H3,(H,15,16). The van der Waals surface area contributed by atoms with Crippen molar-refractivity contribution in [3.8, 4) is 0 Å². The molecule has 92 valence electrons. The summed E-state index contributed by atoms with van der Waals surface area (Å²) in [5.74, 6) is -0.412. The lowest BCUT2D eigenvalue weighted by atomic mass is 10.2. The Morgan fingerprint density at radius 1 is 1.59 bits per heavy atom. The molecule has 0 bridgehead atoms. The molecule has 0 spiro atoms. The number of nitrogens with one attached hydrogen (secondary N) is 1. The molecule has 0 aromatic heterocycles. The molecule has 1 atom stereocenters. The quantitative estimate of drug-likeness (QED) is 0.893. The summed E-state index contributed by atoms with van der Waals surface area (Å²) in [6.07, 6.45) is 2.32. The molecule has 1 aromatic carbocycles. The van der Waals surface area contributed by atoms with Gasteiger partial charge in [0.15, 0.2) is 5.17 Å². The molecule has 1 unspecified atom stereocenters. The molecule has 0 saturated heterocycles. The second kappa shape index (κ2) is 5.74. The van der Waals surface area contributed by atoms with Gasteiger partial charge >= 0.3 is 0 Å². The van der Waals surface area contributed by atoms with E-state index in [1.807, 2.05) is 0 Å². The average molecular weight is 273 g/mol. The summed E-state index contributed by atoms with van der Waals surface area (Å²) in [7, 11) is 0. The molecular formula is C12H14ClFN2S. The van der Waals surface area contributed by atoms with Crippen LogP contribution in [0, 0.1) is 5.82 Å². The predicted octanol–water partition coefficient (Wildman–Crippen LogP) is 4.16. The molecule has 0 aliphatic carbocycles. The van der Waals surface area contributed by atoms with E-state index in [9.17, 15) is 4.39 Å². The topological polar surface area (TPSA) is 24.4 Å². The van der Waals surface area contributed by atoms with E-state index in [2.05, 4.69) is 17.2 Å². The van der Waals surface area contributed by atoms with Gasteiger partial charge in [0, 0.05) is 10.9 Å². The maximum atomic E-state index is 13.2. The SMILES string of the molecule is CCCC1CN=C(Nc2ccc(Cl)c(F)c2)S1. The van der Waals surface area contributed by atoms with Gasteiger partial charge in [-0.25, -0.2) is 4.39 Å². The fourth-order valence-corrected chi connectivity index (χ4v) is 2.92. The van der Waals surface area contributed by atoms with Crippen molar-refractivity contribution in [1.82, 2.24) is 0 Å². The third-order valence-electron chi connectivity index (χ3n) is 2.50. The molecule has 5 heteroatoms. The monoisotopic (exact) mass is 272 g/mol. The normalized spacial score (nSPS) is 19.2. The van der Waals surface area contributed by atoms with Crippen molar-refractivity contribution in [3.05, 3.63) is 29.0 Å². The first-order valence-electron chi connectivity index (χ1n) is 5.62. The Morgan fingerprint density at radius 3 is 3.12 bits per heavy atom. The van der Waals surface area contributed by atoms with Gasteiger partial charge in [-0.05, 0) is 24.6 Å². The van der Waals surface area contributed by atoms with Gasteiger partial charge in [0.1, 0.15) is 5.82 Å². The minimum absolute atomic E-state index is 0.139. The number of halogens is 2. The third-order valence-corrected chi connectivity index (χ3v) is 3.98. The Kier molecular flexibility index (Phi) is 4.29. The molecule has 2 nitrogen and oxygen atoms in total. The molecule has 2 rings (SSSR count). The van der Waals surface area contributed by atoms with Gasteiger partial charge in [0.05, 0.1) is 11.6 Å². The molecule has 1 aliphatic heterocycles. The highest BCUT2D eigenvalue weighted by Gasteiger charge is 2.18. The van der Waals surface area contributed by atoms with Crippen LogP contribution in [0.1, 0.15) is 19.8 Å². The number of thioether (sulfide) groups is 1. The fraction of sp³-hybridized carbons (Fsp3) is 0.417. The van der Waals surface area contributed by atoms with Gasteiger partial charge < -0.3 is 5.32 Å². The summed E-state index contributed by atoms with van der Waals surface area (Å²) in [5.41, 5.74) is 0.690. The Hall–Kier alpha value is -0.740. The van der Waals surface area contributed by atoms with Crippen molar-refractivity contribution in [2.45, 2.75) is 25.0 Å². The van der Waals surface area contributed by atoms with Crippen molar-refractivity contribution < 1.29 is 4.39 Å². The molecule has 17 heavy (non-hydrogen) atoms. The van der Waals surface area contributed by atoms with Crippen molar-refractivity contribution in [2.24, 2.45) is 4.99 Å². The van der Waals surface area contributed by atoms with Crippen LogP contribution in [-0.4, -0.2) is 17.0 Å². The average Bonchev–Trinajstić information content (AvgIpc) is 2.72. The molecule has 0 saturated carbocycles. The largest absolute Gasteiger partial charge is 0.335 e. The van der Waals surface area contributed by atoms with E-state index in [1.165, 1.54) is 6.07 Å². The van der Waals surface area contributed by atoms with E-state index in [0.717, 1.165) is 24.6 Å². The van der Waals surface area contributed by atoms with Crippen LogP contribution in [0.4, 0.5) is 10.1 Å². The van der Waals surface area contributed by atoms with E-state index < -0.39 is 5.82 Å². The van der Waals surface area contributed by atoms with Crippen LogP contribution in [0.25, 0.3) is 0 Å². The zero-order valence-electron chi connectivity index (χ0n) is 9.54. The first kappa shape index (κ1) is 12.7. The summed E-state index contributed by atoms with van der Waals surface area (Å²) in [5, 5.41) is 4.67. The van der Waals surface area contributed by atoms with Crippen LogP contribution in [0.2, 0.25) is 5.02 Å². The van der Waals surface area contributed by atoms with E-state index in [4.69, 9.17) is 11.6 Å². The third kappa shape index (κ3) is 3.36. The first-order valence-corrected chi connectivity index (χ1v) is 6.88. The lowest BCUT2D eigenvalue weighted by Crippen LogP contribution is -2.07. The number of hydrogen-bond donors (Lipinski definition) is 1. The van der Waals surface area contributed by atoms with Crippen molar-refractivity contribution in [3.63, 3.8) is 0 Å². The van der Waals surface area contributed by atoms with Gasteiger partial charge in [0.2, 0.25) is 0 Å². The number of nitrogens with zero attached hydrogens (tertiary/aromatic N) is 1. The van der Waals surface area contributed by atoms with E-state index >= 15 is 0 Å². The van der Waals surface area contributed by atoms with Crippen LogP contribution < -0.4 is 5.32 Å². The fourth-order valence-electron chi connectivity index (χ4n) is 1.66. The smallest absolute Gasteiger partial charge is 0.161 e. The highest BCUT2D eigenvalue weighted by Crippen LogP contribution is 2.26. The minimum atomic E-state index is -0.412. The molecule has 1 aliphatic rings. The molecule has 0 radical (unpaired) electrons. The second-order valence-electron chi connectivity index (χ2n) is 3.93. The van der Waals surface area contributed by atoms with Crippen molar-refractivity contribution >= 4 is 34.2 Å². The zero-order chi connectivity index (χ0) is 12.3. The van der Waals surface area contributed by atoms with Gasteiger partial charge in [-0.3, -0.25) is 4.99 Å². The summed E-state index contributed by atoms with van der Waals surface area (Å²) >= 11 is 7.35. The Bertz CT molecular complexity index is 437. The number of rotatable bonds is 3. The number of hydrogen-bond acceptors (Lipinski definition) is 3. The highest BCUT2D eigenvalue weighted by atomic mass is 35.5. The van der Waals surface area contributed by atoms with Crippen LogP contribution in [0.15, 0.2) is 23.2 Å². The lowest BCUT2D eigenvalue weighted by molar-refractivity contribution is 0.629. The van der Waals surface area contributed by atoms with Gasteiger partial charge in [-0.1, -0.05) is 36.7 Å². The second-order valence-corrected chi connectivity index (χ2v) is 5.62. The number of aliphatic imine (C=N–C) groups is 1. The van der Waals surface area contributed by atoms with Gasteiger partial charge in [-0.15, -0.1) is 0 Å². The molecule has 0 amide bonds. The van der Waals surface area contributed by atoms with Crippen molar-refractivity contribution in [2.75, 3.05) is 11.9 Å². The molecule has 1 aromatic rings. The van der Waals surface area contributed by atoms with Gasteiger partial charge in [0.25, 0.3) is 0 Å². The van der Waals surface area contributed by atoms with E-state index in [1.54, 1.807) is 23.9 Å². The summed E-state index contributed by atoms with van der Waals surface area (Å²) in [4.78, 5) is 4.40. The lowest BCUT2D eigenvalue weighted by Gasteiger charge is -2.08. The summed E-state index contributed by atoms with van der Waals surface area (Å²) in [6.45, 7) is 3.01. The summed E-state index contributed by atoms with van der Waals surface area (Å²) in [6, 6.07) is 4.68. The van der Waals surface area contributed by atoms with Crippen LogP contribution in [-0.2, 0) is 0 Å². The van der Waals surface area contributed by atoms with E-state index in [0.29, 0.717) is 10.9 Å². The molecule has 0 fully saturated rings. The first-order chi connectivity index (χ1) is 8.19. The maximum absolute atomic E-state index is 13.2. The van der Waals surface area contributed by atoms with E-state index in [-0.39, 0.29) is 5.02 Å². The predicted molar refractivity (Wildman–Crippen MR) is 73.6 cm³/mol. The molecular weight excluding hydrogens is 259 g/mol. The van der Waals surface area contributed by atoms with Crippen LogP contribution in [0.3, 0.4) is 0 Å².